The smallest absolute Gasteiger partial charge is 0.198 e. The van der Waals surface area contributed by atoms with Crippen LogP contribution in [0.4, 0.5) is 5.69 Å². The van der Waals surface area contributed by atoms with Gasteiger partial charge in [0.25, 0.3) is 0 Å². The zero-order chi connectivity index (χ0) is 14.9. The van der Waals surface area contributed by atoms with Crippen LogP contribution >= 0.6 is 0 Å². The highest BCUT2D eigenvalue weighted by Gasteiger charge is 2.29. The van der Waals surface area contributed by atoms with Crippen molar-refractivity contribution in [1.82, 2.24) is 5.32 Å². The molecule has 0 aliphatic carbocycles. The molecule has 1 fully saturated rings. The maximum absolute atomic E-state index is 11.5. The van der Waals surface area contributed by atoms with Crippen molar-refractivity contribution < 1.29 is 8.42 Å². The highest BCUT2D eigenvalue weighted by molar-refractivity contribution is 7.91. The quantitative estimate of drug-likeness (QED) is 0.655. The number of sulfone groups is 1. The summed E-state index contributed by atoms with van der Waals surface area (Å²) in [7, 11) is -1.04. The van der Waals surface area contributed by atoms with Crippen LogP contribution in [0, 0.1) is 5.92 Å². The number of hydrogen-bond donors (Lipinski definition) is 1. The van der Waals surface area contributed by atoms with Gasteiger partial charge in [-0.25, -0.2) is 8.42 Å². The maximum Gasteiger partial charge on any atom is 0.198 e. The highest BCUT2D eigenvalue weighted by atomic mass is 32.2. The fourth-order valence-corrected chi connectivity index (χ4v) is 4.98. The first kappa shape index (κ1) is 14.4. The topological polar surface area (TPSA) is 61.8 Å². The minimum atomic E-state index is -2.81. The molecule has 0 spiro atoms. The van der Waals surface area contributed by atoms with Gasteiger partial charge in [0.05, 0.1) is 11.5 Å². The summed E-state index contributed by atoms with van der Waals surface area (Å²) in [5.74, 6) is 1.66. The normalized spacial score (nSPS) is 24.1. The van der Waals surface area contributed by atoms with E-state index in [1.165, 1.54) is 11.3 Å². The number of rotatable bonds is 2. The van der Waals surface area contributed by atoms with E-state index in [-0.39, 0.29) is 5.92 Å². The first-order chi connectivity index (χ1) is 10.1. The van der Waals surface area contributed by atoms with Crippen LogP contribution in [0.2, 0.25) is 0 Å². The number of hydrogen-bond acceptors (Lipinski definition) is 3. The molecule has 2 aliphatic rings. The van der Waals surface area contributed by atoms with Gasteiger partial charge < -0.3 is 10.2 Å². The Morgan fingerprint density at radius 2 is 2.24 bits per heavy atom. The summed E-state index contributed by atoms with van der Waals surface area (Å²) in [5.41, 5.74) is 2.54. The fraction of sp³-hybridized carbons (Fsp3) is 0.533. The number of nitrogens with zero attached hydrogens (tertiary/aromatic N) is 2. The van der Waals surface area contributed by atoms with Gasteiger partial charge in [-0.05, 0) is 30.4 Å². The van der Waals surface area contributed by atoms with E-state index >= 15 is 0 Å². The molecular weight excluding hydrogens is 286 g/mol. The number of nitrogens with one attached hydrogen (secondary N) is 1. The van der Waals surface area contributed by atoms with E-state index in [1.54, 1.807) is 7.05 Å². The molecule has 114 valence electrons. The van der Waals surface area contributed by atoms with Crippen LogP contribution in [-0.2, 0) is 16.3 Å². The van der Waals surface area contributed by atoms with Gasteiger partial charge in [0.1, 0.15) is 0 Å². The lowest BCUT2D eigenvalue weighted by Gasteiger charge is -2.23. The Morgan fingerprint density at radius 3 is 2.95 bits per heavy atom. The summed E-state index contributed by atoms with van der Waals surface area (Å²) < 4.78 is 23.0. The molecule has 1 N–H and O–H groups in total. The third-order valence-electron chi connectivity index (χ3n) is 4.23. The molecule has 0 bridgehead atoms. The number of para-hydroxylation sites is 1. The van der Waals surface area contributed by atoms with Gasteiger partial charge >= 0.3 is 0 Å². The second-order valence-corrected chi connectivity index (χ2v) is 7.96. The molecule has 1 aromatic rings. The number of fused-ring (bicyclic) bond motifs is 1. The molecular formula is C15H21N3O2S. The van der Waals surface area contributed by atoms with Crippen LogP contribution in [0.3, 0.4) is 0 Å². The van der Waals surface area contributed by atoms with Gasteiger partial charge in [0.2, 0.25) is 0 Å². The maximum atomic E-state index is 11.5. The lowest BCUT2D eigenvalue weighted by Crippen LogP contribution is -2.42. The average molecular weight is 307 g/mol. The van der Waals surface area contributed by atoms with Crippen molar-refractivity contribution in [1.29, 1.82) is 0 Å². The standard InChI is InChI=1S/C15H21N3O2S/c1-16-15(17-10-12-7-9-21(19,20)11-12)18-8-6-13-4-2-3-5-14(13)18/h2-5,12H,6-11H2,1H3,(H,16,17). The monoisotopic (exact) mass is 307 g/mol. The second kappa shape index (κ2) is 5.67. The van der Waals surface area contributed by atoms with Crippen molar-refractivity contribution in [2.45, 2.75) is 12.8 Å². The summed E-state index contributed by atoms with van der Waals surface area (Å²) in [6.07, 6.45) is 1.78. The number of guanidine groups is 1. The summed E-state index contributed by atoms with van der Waals surface area (Å²) >= 11 is 0. The Kier molecular flexibility index (Phi) is 3.89. The average Bonchev–Trinajstić information content (AvgIpc) is 3.04. The summed E-state index contributed by atoms with van der Waals surface area (Å²) in [4.78, 5) is 6.53. The molecule has 21 heavy (non-hydrogen) atoms. The van der Waals surface area contributed by atoms with E-state index in [0.29, 0.717) is 18.1 Å². The molecule has 2 aliphatic heterocycles. The van der Waals surface area contributed by atoms with Gasteiger partial charge in [-0.3, -0.25) is 4.99 Å². The second-order valence-electron chi connectivity index (χ2n) is 5.73. The third kappa shape index (κ3) is 3.05. The Balaban J connectivity index is 1.65. The molecule has 0 saturated carbocycles. The Bertz CT molecular complexity index is 655. The number of aliphatic imine (C=N–C) groups is 1. The Hall–Kier alpha value is -1.56. The summed E-state index contributed by atoms with van der Waals surface area (Å²) in [6.45, 7) is 1.59. The molecule has 5 nitrogen and oxygen atoms in total. The van der Waals surface area contributed by atoms with E-state index in [1.807, 2.05) is 6.07 Å². The van der Waals surface area contributed by atoms with Crippen molar-refractivity contribution >= 4 is 21.5 Å². The Morgan fingerprint density at radius 1 is 1.43 bits per heavy atom. The minimum absolute atomic E-state index is 0.199. The van der Waals surface area contributed by atoms with Gasteiger partial charge in [-0.15, -0.1) is 0 Å². The summed E-state index contributed by atoms with van der Waals surface area (Å²) in [6, 6.07) is 8.34. The predicted octanol–water partition coefficient (Wildman–Crippen LogP) is 1.06. The molecule has 1 unspecified atom stereocenters. The lowest BCUT2D eigenvalue weighted by atomic mass is 10.1. The molecule has 0 aromatic heterocycles. The zero-order valence-corrected chi connectivity index (χ0v) is 13.1. The molecule has 1 saturated heterocycles. The van der Waals surface area contributed by atoms with Gasteiger partial charge in [-0.1, -0.05) is 18.2 Å². The van der Waals surface area contributed by atoms with Crippen molar-refractivity contribution in [3.63, 3.8) is 0 Å². The lowest BCUT2D eigenvalue weighted by molar-refractivity contribution is 0.570. The third-order valence-corrected chi connectivity index (χ3v) is 6.07. The molecule has 2 heterocycles. The van der Waals surface area contributed by atoms with E-state index < -0.39 is 9.84 Å². The van der Waals surface area contributed by atoms with Crippen molar-refractivity contribution in [3.05, 3.63) is 29.8 Å². The molecule has 0 amide bonds. The van der Waals surface area contributed by atoms with Crippen LogP contribution in [0.25, 0.3) is 0 Å². The molecule has 3 rings (SSSR count). The SMILES string of the molecule is CN=C(NCC1CCS(=O)(=O)C1)N1CCc2ccccc21. The van der Waals surface area contributed by atoms with E-state index in [2.05, 4.69) is 33.4 Å². The Labute approximate surface area is 126 Å². The first-order valence-corrected chi connectivity index (χ1v) is 9.18. The van der Waals surface area contributed by atoms with Crippen LogP contribution in [0.1, 0.15) is 12.0 Å². The van der Waals surface area contributed by atoms with Gasteiger partial charge in [0.15, 0.2) is 15.8 Å². The zero-order valence-electron chi connectivity index (χ0n) is 12.2. The van der Waals surface area contributed by atoms with Crippen LogP contribution in [0.5, 0.6) is 0 Å². The van der Waals surface area contributed by atoms with E-state index in [0.717, 1.165) is 25.3 Å². The number of benzene rings is 1. The fourth-order valence-electron chi connectivity index (χ4n) is 3.12. The minimum Gasteiger partial charge on any atom is -0.356 e. The van der Waals surface area contributed by atoms with Crippen molar-refractivity contribution in [3.8, 4) is 0 Å². The highest BCUT2D eigenvalue weighted by Crippen LogP contribution is 2.27. The molecule has 6 heteroatoms. The van der Waals surface area contributed by atoms with Crippen molar-refractivity contribution in [2.75, 3.05) is 36.5 Å². The van der Waals surface area contributed by atoms with Crippen LogP contribution in [-0.4, -0.2) is 46.0 Å². The van der Waals surface area contributed by atoms with Crippen LogP contribution in [0.15, 0.2) is 29.3 Å². The molecule has 0 radical (unpaired) electrons. The molecule has 1 aromatic carbocycles. The predicted molar refractivity (Wildman–Crippen MR) is 85.6 cm³/mol. The number of anilines is 1. The largest absolute Gasteiger partial charge is 0.356 e. The first-order valence-electron chi connectivity index (χ1n) is 7.35. The van der Waals surface area contributed by atoms with Gasteiger partial charge in [0, 0.05) is 25.8 Å². The van der Waals surface area contributed by atoms with E-state index in [9.17, 15) is 8.42 Å². The van der Waals surface area contributed by atoms with Crippen LogP contribution < -0.4 is 10.2 Å². The van der Waals surface area contributed by atoms with Crippen molar-refractivity contribution in [2.24, 2.45) is 10.9 Å². The van der Waals surface area contributed by atoms with E-state index in [4.69, 9.17) is 0 Å². The molecule has 1 atom stereocenters. The summed E-state index contributed by atoms with van der Waals surface area (Å²) in [5, 5.41) is 3.34. The van der Waals surface area contributed by atoms with Gasteiger partial charge in [-0.2, -0.15) is 0 Å².